The van der Waals surface area contributed by atoms with E-state index in [1.54, 1.807) is 12.1 Å². The average Bonchev–Trinajstić information content (AvgIpc) is 2.34. The summed E-state index contributed by atoms with van der Waals surface area (Å²) in [6.07, 6.45) is 3.28. The van der Waals surface area contributed by atoms with Gasteiger partial charge in [-0.25, -0.2) is 0 Å². The summed E-state index contributed by atoms with van der Waals surface area (Å²) < 4.78 is 0. The highest BCUT2D eigenvalue weighted by atomic mass is 35.5. The summed E-state index contributed by atoms with van der Waals surface area (Å²) in [5.74, 6) is -0.0785. The predicted octanol–water partition coefficient (Wildman–Crippen LogP) is 3.17. The Morgan fingerprint density at radius 3 is 2.56 bits per heavy atom. The van der Waals surface area contributed by atoms with Crippen molar-refractivity contribution in [2.45, 2.75) is 46.1 Å². The first-order chi connectivity index (χ1) is 8.56. The van der Waals surface area contributed by atoms with Crippen LogP contribution >= 0.6 is 11.6 Å². The quantitative estimate of drug-likeness (QED) is 0.745. The minimum atomic E-state index is -0.0785. The zero-order chi connectivity index (χ0) is 13.5. The van der Waals surface area contributed by atoms with Gasteiger partial charge in [0, 0.05) is 12.6 Å². The van der Waals surface area contributed by atoms with E-state index in [0.717, 1.165) is 25.8 Å². The lowest BCUT2D eigenvalue weighted by molar-refractivity contribution is 0.0695. The van der Waals surface area contributed by atoms with Crippen LogP contribution in [0.15, 0.2) is 12.1 Å². The number of hydrogen-bond acceptors (Lipinski definition) is 3. The lowest BCUT2D eigenvalue weighted by atomic mass is 10.2. The van der Waals surface area contributed by atoms with Crippen LogP contribution in [-0.4, -0.2) is 33.6 Å². The molecule has 0 unspecified atom stereocenters. The molecule has 100 valence electrons. The van der Waals surface area contributed by atoms with Crippen LogP contribution in [0.25, 0.3) is 0 Å². The normalized spacial score (nSPS) is 10.7. The highest BCUT2D eigenvalue weighted by Gasteiger charge is 2.19. The molecule has 0 aliphatic carbocycles. The molecule has 1 aromatic rings. The van der Waals surface area contributed by atoms with Crippen molar-refractivity contribution in [2.24, 2.45) is 0 Å². The van der Waals surface area contributed by atoms with Gasteiger partial charge in [-0.2, -0.15) is 0 Å². The van der Waals surface area contributed by atoms with Crippen molar-refractivity contribution in [1.82, 2.24) is 15.1 Å². The van der Waals surface area contributed by atoms with Gasteiger partial charge in [0.25, 0.3) is 5.91 Å². The van der Waals surface area contributed by atoms with Gasteiger partial charge in [0.1, 0.15) is 0 Å². The zero-order valence-electron chi connectivity index (χ0n) is 11.2. The van der Waals surface area contributed by atoms with Gasteiger partial charge in [0.15, 0.2) is 10.8 Å². The zero-order valence-corrected chi connectivity index (χ0v) is 11.9. The highest BCUT2D eigenvalue weighted by molar-refractivity contribution is 6.29. The summed E-state index contributed by atoms with van der Waals surface area (Å²) in [7, 11) is 0. The molecule has 1 amide bonds. The lowest BCUT2D eigenvalue weighted by Gasteiger charge is -2.26. The maximum absolute atomic E-state index is 12.3. The van der Waals surface area contributed by atoms with Crippen LogP contribution in [0.1, 0.15) is 50.5 Å². The van der Waals surface area contributed by atoms with E-state index in [1.165, 1.54) is 0 Å². The molecule has 18 heavy (non-hydrogen) atoms. The van der Waals surface area contributed by atoms with Gasteiger partial charge in [0.2, 0.25) is 0 Å². The first-order valence-electron chi connectivity index (χ1n) is 6.36. The number of nitrogens with zero attached hydrogens (tertiary/aromatic N) is 3. The SMILES string of the molecule is CCCCCN(C(=O)c1ccc(Cl)nn1)C(C)C. The molecule has 0 fully saturated rings. The van der Waals surface area contributed by atoms with Crippen LogP contribution in [0.2, 0.25) is 5.15 Å². The number of unbranched alkanes of at least 4 members (excludes halogenated alkanes) is 2. The second kappa shape index (κ2) is 7.31. The Labute approximate surface area is 113 Å². The molecule has 1 aromatic heterocycles. The van der Waals surface area contributed by atoms with E-state index in [1.807, 2.05) is 18.7 Å². The molecule has 0 aromatic carbocycles. The Morgan fingerprint density at radius 2 is 2.06 bits per heavy atom. The van der Waals surface area contributed by atoms with E-state index >= 15 is 0 Å². The van der Waals surface area contributed by atoms with Gasteiger partial charge >= 0.3 is 0 Å². The highest BCUT2D eigenvalue weighted by Crippen LogP contribution is 2.10. The Balaban J connectivity index is 2.73. The minimum absolute atomic E-state index is 0.0785. The fourth-order valence-electron chi connectivity index (χ4n) is 1.70. The second-order valence-corrected chi connectivity index (χ2v) is 4.93. The number of carbonyl (C=O) groups is 1. The third kappa shape index (κ3) is 4.26. The molecule has 0 saturated heterocycles. The van der Waals surface area contributed by atoms with Crippen LogP contribution in [0.5, 0.6) is 0 Å². The molecule has 1 rings (SSSR count). The molecule has 1 heterocycles. The second-order valence-electron chi connectivity index (χ2n) is 4.54. The standard InChI is InChI=1S/C13H20ClN3O/c1-4-5-6-9-17(10(2)3)13(18)11-7-8-12(14)16-15-11/h7-8,10H,4-6,9H2,1-3H3. The number of amides is 1. The van der Waals surface area contributed by atoms with E-state index in [4.69, 9.17) is 11.6 Å². The van der Waals surface area contributed by atoms with Crippen LogP contribution < -0.4 is 0 Å². The van der Waals surface area contributed by atoms with Crippen LogP contribution in [0.3, 0.4) is 0 Å². The first kappa shape index (κ1) is 14.9. The molecule has 0 aliphatic rings. The average molecular weight is 270 g/mol. The predicted molar refractivity (Wildman–Crippen MR) is 72.7 cm³/mol. The molecule has 0 bridgehead atoms. The Kier molecular flexibility index (Phi) is 6.05. The molecule has 5 heteroatoms. The number of hydrogen-bond donors (Lipinski definition) is 0. The summed E-state index contributed by atoms with van der Waals surface area (Å²) in [5.41, 5.74) is 0.351. The topological polar surface area (TPSA) is 46.1 Å². The smallest absolute Gasteiger partial charge is 0.274 e. The maximum atomic E-state index is 12.3. The number of carbonyl (C=O) groups excluding carboxylic acids is 1. The number of halogens is 1. The van der Waals surface area contributed by atoms with Crippen LogP contribution in [0.4, 0.5) is 0 Å². The van der Waals surface area contributed by atoms with Crippen LogP contribution in [-0.2, 0) is 0 Å². The van der Waals surface area contributed by atoms with Gasteiger partial charge in [-0.05, 0) is 32.4 Å². The van der Waals surface area contributed by atoms with Crippen molar-refractivity contribution < 1.29 is 4.79 Å². The third-order valence-corrected chi connectivity index (χ3v) is 2.94. The van der Waals surface area contributed by atoms with Gasteiger partial charge in [-0.15, -0.1) is 10.2 Å². The van der Waals surface area contributed by atoms with Crippen molar-refractivity contribution in [3.8, 4) is 0 Å². The molecular formula is C13H20ClN3O. The fraction of sp³-hybridized carbons (Fsp3) is 0.615. The molecular weight excluding hydrogens is 250 g/mol. The Hall–Kier alpha value is -1.16. The third-order valence-electron chi connectivity index (χ3n) is 2.74. The summed E-state index contributed by atoms with van der Waals surface area (Å²) in [6, 6.07) is 3.37. The van der Waals surface area contributed by atoms with Crippen molar-refractivity contribution in [3.63, 3.8) is 0 Å². The number of aromatic nitrogens is 2. The van der Waals surface area contributed by atoms with E-state index in [0.29, 0.717) is 10.8 Å². The van der Waals surface area contributed by atoms with E-state index < -0.39 is 0 Å². The lowest BCUT2D eigenvalue weighted by Crippen LogP contribution is -2.38. The van der Waals surface area contributed by atoms with Crippen molar-refractivity contribution in [2.75, 3.05) is 6.54 Å². The monoisotopic (exact) mass is 269 g/mol. The largest absolute Gasteiger partial charge is 0.335 e. The fourth-order valence-corrected chi connectivity index (χ4v) is 1.80. The summed E-state index contributed by atoms with van der Waals surface area (Å²) in [5, 5.41) is 7.84. The summed E-state index contributed by atoms with van der Waals surface area (Å²) in [6.45, 7) is 6.92. The summed E-state index contributed by atoms with van der Waals surface area (Å²) in [4.78, 5) is 14.1. The Morgan fingerprint density at radius 1 is 1.33 bits per heavy atom. The molecule has 0 spiro atoms. The maximum Gasteiger partial charge on any atom is 0.274 e. The molecule has 0 N–H and O–H groups in total. The van der Waals surface area contributed by atoms with Crippen molar-refractivity contribution in [3.05, 3.63) is 23.0 Å². The van der Waals surface area contributed by atoms with Gasteiger partial charge in [0.05, 0.1) is 0 Å². The molecule has 4 nitrogen and oxygen atoms in total. The molecule has 0 atom stereocenters. The van der Waals surface area contributed by atoms with E-state index in [-0.39, 0.29) is 11.9 Å². The number of rotatable bonds is 6. The molecule has 0 radical (unpaired) electrons. The van der Waals surface area contributed by atoms with Gasteiger partial charge in [-0.3, -0.25) is 4.79 Å². The van der Waals surface area contributed by atoms with Gasteiger partial charge < -0.3 is 4.90 Å². The van der Waals surface area contributed by atoms with Crippen molar-refractivity contribution >= 4 is 17.5 Å². The van der Waals surface area contributed by atoms with Gasteiger partial charge in [-0.1, -0.05) is 31.4 Å². The molecule has 0 saturated carbocycles. The van der Waals surface area contributed by atoms with Crippen LogP contribution in [0, 0.1) is 0 Å². The van der Waals surface area contributed by atoms with E-state index in [9.17, 15) is 4.79 Å². The summed E-state index contributed by atoms with van der Waals surface area (Å²) >= 11 is 5.66. The first-order valence-corrected chi connectivity index (χ1v) is 6.74. The minimum Gasteiger partial charge on any atom is -0.335 e. The van der Waals surface area contributed by atoms with E-state index in [2.05, 4.69) is 17.1 Å². The van der Waals surface area contributed by atoms with Crippen molar-refractivity contribution in [1.29, 1.82) is 0 Å². The molecule has 0 aliphatic heterocycles. The Bertz CT molecular complexity index is 378.